The maximum absolute atomic E-state index is 11.5. The zero-order valence-electron chi connectivity index (χ0n) is 11.2. The van der Waals surface area contributed by atoms with Crippen molar-refractivity contribution in [3.05, 3.63) is 34.9 Å². The fraction of sp³-hybridized carbons (Fsp3) is 0.500. The summed E-state index contributed by atoms with van der Waals surface area (Å²) >= 11 is 6.03. The number of carbonyl (C=O) groups is 1. The van der Waals surface area contributed by atoms with Crippen molar-refractivity contribution in [2.75, 3.05) is 26.8 Å². The number of rotatable bonds is 9. The van der Waals surface area contributed by atoms with Gasteiger partial charge in [0.15, 0.2) is 0 Å². The molecular weight excluding hydrogens is 264 g/mol. The molecule has 106 valence electrons. The van der Waals surface area contributed by atoms with Gasteiger partial charge in [0.1, 0.15) is 0 Å². The van der Waals surface area contributed by atoms with E-state index in [1.165, 1.54) is 0 Å². The molecule has 0 aromatic heterocycles. The number of benzene rings is 1. The molecule has 0 heterocycles. The molecule has 5 heteroatoms. The summed E-state index contributed by atoms with van der Waals surface area (Å²) in [5.41, 5.74) is 1.05. The summed E-state index contributed by atoms with van der Waals surface area (Å²) in [6.07, 6.45) is 1.31. The zero-order valence-corrected chi connectivity index (χ0v) is 12.0. The first-order chi connectivity index (χ1) is 9.24. The van der Waals surface area contributed by atoms with E-state index in [9.17, 15) is 4.79 Å². The number of methoxy groups -OCH3 is 1. The van der Waals surface area contributed by atoms with Crippen molar-refractivity contribution >= 4 is 17.5 Å². The largest absolute Gasteiger partial charge is 0.385 e. The Morgan fingerprint density at radius 3 is 2.84 bits per heavy atom. The maximum Gasteiger partial charge on any atom is 0.221 e. The lowest BCUT2D eigenvalue weighted by atomic mass is 10.2. The lowest BCUT2D eigenvalue weighted by Gasteiger charge is -2.07. The van der Waals surface area contributed by atoms with Crippen LogP contribution in [0.2, 0.25) is 5.02 Å². The van der Waals surface area contributed by atoms with Gasteiger partial charge in [0, 0.05) is 44.8 Å². The van der Waals surface area contributed by atoms with Gasteiger partial charge in [0.2, 0.25) is 5.91 Å². The lowest BCUT2D eigenvalue weighted by molar-refractivity contribution is -0.121. The predicted octanol–water partition coefficient (Wildman–Crippen LogP) is 1.97. The smallest absolute Gasteiger partial charge is 0.221 e. The van der Waals surface area contributed by atoms with E-state index in [4.69, 9.17) is 16.3 Å². The minimum absolute atomic E-state index is 0.0581. The minimum Gasteiger partial charge on any atom is -0.385 e. The molecule has 0 saturated carbocycles. The topological polar surface area (TPSA) is 50.4 Å². The summed E-state index contributed by atoms with van der Waals surface area (Å²) in [7, 11) is 1.65. The second kappa shape index (κ2) is 9.78. The van der Waals surface area contributed by atoms with Crippen LogP contribution in [0.5, 0.6) is 0 Å². The molecule has 0 aliphatic carbocycles. The van der Waals surface area contributed by atoms with Crippen molar-refractivity contribution < 1.29 is 9.53 Å². The second-order valence-corrected chi connectivity index (χ2v) is 4.62. The summed E-state index contributed by atoms with van der Waals surface area (Å²) in [5.74, 6) is 0.0581. The van der Waals surface area contributed by atoms with E-state index in [1.54, 1.807) is 7.11 Å². The molecule has 0 aliphatic heterocycles. The molecule has 0 fully saturated rings. The van der Waals surface area contributed by atoms with Crippen LogP contribution < -0.4 is 10.6 Å². The highest BCUT2D eigenvalue weighted by Crippen LogP contribution is 2.13. The number of nitrogens with one attached hydrogen (secondary N) is 2. The molecule has 19 heavy (non-hydrogen) atoms. The Hall–Kier alpha value is -1.10. The van der Waals surface area contributed by atoms with Crippen LogP contribution in [0.3, 0.4) is 0 Å². The van der Waals surface area contributed by atoms with Crippen LogP contribution in [0.15, 0.2) is 24.3 Å². The van der Waals surface area contributed by atoms with Gasteiger partial charge in [0.25, 0.3) is 0 Å². The first-order valence-electron chi connectivity index (χ1n) is 6.44. The third kappa shape index (κ3) is 7.15. The van der Waals surface area contributed by atoms with Gasteiger partial charge in [-0.1, -0.05) is 29.8 Å². The third-order valence-corrected chi connectivity index (χ3v) is 3.02. The number of ether oxygens (including phenoxy) is 1. The Kier molecular flexibility index (Phi) is 8.21. The highest BCUT2D eigenvalue weighted by atomic mass is 35.5. The minimum atomic E-state index is 0.0581. The monoisotopic (exact) mass is 284 g/mol. The normalized spacial score (nSPS) is 10.4. The van der Waals surface area contributed by atoms with Crippen LogP contribution in [0, 0.1) is 0 Å². The van der Waals surface area contributed by atoms with E-state index < -0.39 is 0 Å². The van der Waals surface area contributed by atoms with Crippen LogP contribution in [0.4, 0.5) is 0 Å². The third-order valence-electron chi connectivity index (χ3n) is 2.65. The maximum atomic E-state index is 11.5. The summed E-state index contributed by atoms with van der Waals surface area (Å²) in [4.78, 5) is 11.5. The van der Waals surface area contributed by atoms with Crippen LogP contribution in [0.1, 0.15) is 18.4 Å². The molecule has 0 spiro atoms. The molecular formula is C14H21ClN2O2. The number of halogens is 1. The van der Waals surface area contributed by atoms with Gasteiger partial charge in [0.05, 0.1) is 0 Å². The Balaban J connectivity index is 2.07. The molecule has 0 unspecified atom stereocenters. The highest BCUT2D eigenvalue weighted by Gasteiger charge is 2.01. The molecule has 0 aliphatic rings. The summed E-state index contributed by atoms with van der Waals surface area (Å²) in [6, 6.07) is 7.69. The molecule has 0 bridgehead atoms. The summed E-state index contributed by atoms with van der Waals surface area (Å²) < 4.78 is 4.91. The van der Waals surface area contributed by atoms with E-state index in [0.717, 1.165) is 17.0 Å². The Labute approximate surface area is 119 Å². The van der Waals surface area contributed by atoms with E-state index in [2.05, 4.69) is 10.6 Å². The van der Waals surface area contributed by atoms with E-state index in [1.807, 2.05) is 24.3 Å². The van der Waals surface area contributed by atoms with Gasteiger partial charge in [-0.25, -0.2) is 0 Å². The molecule has 2 N–H and O–H groups in total. The second-order valence-electron chi connectivity index (χ2n) is 4.21. The zero-order chi connectivity index (χ0) is 13.9. The Bertz CT molecular complexity index is 385. The van der Waals surface area contributed by atoms with E-state index in [0.29, 0.717) is 32.7 Å². The van der Waals surface area contributed by atoms with E-state index in [-0.39, 0.29) is 5.91 Å². The van der Waals surface area contributed by atoms with Gasteiger partial charge < -0.3 is 15.4 Å². The van der Waals surface area contributed by atoms with Crippen molar-refractivity contribution in [2.24, 2.45) is 0 Å². The van der Waals surface area contributed by atoms with Gasteiger partial charge in [-0.15, -0.1) is 0 Å². The average Bonchev–Trinajstić information content (AvgIpc) is 2.41. The van der Waals surface area contributed by atoms with Crippen LogP contribution >= 0.6 is 11.6 Å². The molecule has 0 radical (unpaired) electrons. The Morgan fingerprint density at radius 1 is 1.32 bits per heavy atom. The summed E-state index contributed by atoms with van der Waals surface area (Å²) in [5, 5.41) is 6.80. The number of hydrogen-bond acceptors (Lipinski definition) is 3. The van der Waals surface area contributed by atoms with Crippen molar-refractivity contribution in [1.29, 1.82) is 0 Å². The van der Waals surface area contributed by atoms with Crippen molar-refractivity contribution in [1.82, 2.24) is 10.6 Å². The summed E-state index contributed by atoms with van der Waals surface area (Å²) in [6.45, 7) is 2.65. The molecule has 0 saturated heterocycles. The molecule has 1 aromatic carbocycles. The van der Waals surface area contributed by atoms with Crippen LogP contribution in [-0.4, -0.2) is 32.7 Å². The molecule has 0 atom stereocenters. The first-order valence-corrected chi connectivity index (χ1v) is 6.81. The fourth-order valence-electron chi connectivity index (χ4n) is 1.60. The SMILES string of the molecule is COCCCNC(=O)CCNCc1ccccc1Cl. The van der Waals surface area contributed by atoms with Crippen molar-refractivity contribution in [3.63, 3.8) is 0 Å². The lowest BCUT2D eigenvalue weighted by Crippen LogP contribution is -2.28. The molecule has 4 nitrogen and oxygen atoms in total. The fourth-order valence-corrected chi connectivity index (χ4v) is 1.80. The highest BCUT2D eigenvalue weighted by molar-refractivity contribution is 6.31. The van der Waals surface area contributed by atoms with Crippen LogP contribution in [-0.2, 0) is 16.1 Å². The molecule has 1 amide bonds. The molecule has 1 rings (SSSR count). The first kappa shape index (κ1) is 16.0. The van der Waals surface area contributed by atoms with Gasteiger partial charge in [-0.3, -0.25) is 4.79 Å². The van der Waals surface area contributed by atoms with Crippen molar-refractivity contribution in [2.45, 2.75) is 19.4 Å². The molecule has 1 aromatic rings. The van der Waals surface area contributed by atoms with Gasteiger partial charge in [-0.05, 0) is 18.1 Å². The standard InChI is InChI=1S/C14H21ClN2O2/c1-19-10-4-8-17-14(18)7-9-16-11-12-5-2-3-6-13(12)15/h2-3,5-6,16H,4,7-11H2,1H3,(H,17,18). The van der Waals surface area contributed by atoms with E-state index >= 15 is 0 Å². The van der Waals surface area contributed by atoms with Gasteiger partial charge in [-0.2, -0.15) is 0 Å². The number of carbonyl (C=O) groups excluding carboxylic acids is 1. The number of hydrogen-bond donors (Lipinski definition) is 2. The van der Waals surface area contributed by atoms with Crippen molar-refractivity contribution in [3.8, 4) is 0 Å². The average molecular weight is 285 g/mol. The Morgan fingerprint density at radius 2 is 2.11 bits per heavy atom. The number of amides is 1. The quantitative estimate of drug-likeness (QED) is 0.682. The van der Waals surface area contributed by atoms with Crippen LogP contribution in [0.25, 0.3) is 0 Å². The predicted molar refractivity (Wildman–Crippen MR) is 77.3 cm³/mol. The van der Waals surface area contributed by atoms with Gasteiger partial charge >= 0.3 is 0 Å².